The van der Waals surface area contributed by atoms with E-state index >= 15 is 0 Å². The van der Waals surface area contributed by atoms with Crippen LogP contribution in [-0.4, -0.2) is 65.3 Å². The number of hydrogen-bond donors (Lipinski definition) is 4. The van der Waals surface area contributed by atoms with Crippen molar-refractivity contribution in [1.29, 1.82) is 0 Å². The van der Waals surface area contributed by atoms with Gasteiger partial charge in [0.2, 0.25) is 11.8 Å². The summed E-state index contributed by atoms with van der Waals surface area (Å²) in [5, 5.41) is 19.8. The van der Waals surface area contributed by atoms with E-state index in [1.165, 1.54) is 7.05 Å². The van der Waals surface area contributed by atoms with E-state index in [-0.39, 0.29) is 30.0 Å². The Bertz CT molecular complexity index is 1420. The van der Waals surface area contributed by atoms with E-state index in [1.807, 2.05) is 38.1 Å². The Hall–Kier alpha value is -4.57. The minimum Gasteiger partial charge on any atom is -0.480 e. The van der Waals surface area contributed by atoms with Crippen molar-refractivity contribution in [3.8, 4) is 0 Å². The minimum absolute atomic E-state index is 0.0215. The molecule has 0 spiro atoms. The van der Waals surface area contributed by atoms with Crippen LogP contribution in [0.5, 0.6) is 0 Å². The lowest BCUT2D eigenvalue weighted by molar-refractivity contribution is -0.140. The summed E-state index contributed by atoms with van der Waals surface area (Å²) in [6, 6.07) is 16.3. The highest BCUT2D eigenvalue weighted by Crippen LogP contribution is 2.28. The molecular formula is C31H34N4O6. The van der Waals surface area contributed by atoms with Crippen LogP contribution in [0.25, 0.3) is 10.8 Å². The van der Waals surface area contributed by atoms with Crippen LogP contribution in [0.3, 0.4) is 0 Å². The number of benzene rings is 3. The fraction of sp³-hybridized carbons (Fsp3) is 0.323. The van der Waals surface area contributed by atoms with Gasteiger partial charge < -0.3 is 15.7 Å². The third-order valence-electron chi connectivity index (χ3n) is 7.13. The van der Waals surface area contributed by atoms with Gasteiger partial charge in [0.05, 0.1) is 17.2 Å². The van der Waals surface area contributed by atoms with Gasteiger partial charge in [0, 0.05) is 13.6 Å². The van der Waals surface area contributed by atoms with Crippen molar-refractivity contribution in [2.45, 2.75) is 44.8 Å². The molecule has 214 valence electrons. The van der Waals surface area contributed by atoms with Crippen molar-refractivity contribution >= 4 is 40.4 Å². The fourth-order valence-corrected chi connectivity index (χ4v) is 5.01. The van der Waals surface area contributed by atoms with Gasteiger partial charge in [-0.15, -0.1) is 0 Å². The van der Waals surface area contributed by atoms with Crippen LogP contribution < -0.4 is 16.0 Å². The van der Waals surface area contributed by atoms with Crippen LogP contribution in [0.4, 0.5) is 0 Å². The average Bonchev–Trinajstić information content (AvgIpc) is 3.19. The molecule has 4 amide bonds. The first-order valence-corrected chi connectivity index (χ1v) is 13.6. The van der Waals surface area contributed by atoms with Gasteiger partial charge in [-0.25, -0.2) is 0 Å². The van der Waals surface area contributed by atoms with Crippen LogP contribution in [0, 0.1) is 5.92 Å². The molecule has 3 aromatic carbocycles. The van der Waals surface area contributed by atoms with E-state index < -0.39 is 47.7 Å². The van der Waals surface area contributed by atoms with Gasteiger partial charge in [0.1, 0.15) is 12.1 Å². The first-order chi connectivity index (χ1) is 19.6. The predicted octanol–water partition coefficient (Wildman–Crippen LogP) is 2.89. The predicted molar refractivity (Wildman–Crippen MR) is 153 cm³/mol. The number of nitrogens with one attached hydrogen (secondary N) is 3. The summed E-state index contributed by atoms with van der Waals surface area (Å²) in [5.41, 5.74) is 1.15. The Kier molecular flexibility index (Phi) is 9.14. The Balaban J connectivity index is 1.49. The van der Waals surface area contributed by atoms with Gasteiger partial charge in [0.15, 0.2) is 0 Å². The van der Waals surface area contributed by atoms with Crippen LogP contribution in [0.2, 0.25) is 0 Å². The van der Waals surface area contributed by atoms with Crippen molar-refractivity contribution in [2.24, 2.45) is 5.92 Å². The maximum Gasteiger partial charge on any atom is 0.320 e. The normalized spacial score (nSPS) is 15.0. The molecule has 4 N–H and O–H groups in total. The van der Waals surface area contributed by atoms with E-state index in [9.17, 15) is 29.1 Å². The Labute approximate surface area is 238 Å². The summed E-state index contributed by atoms with van der Waals surface area (Å²) >= 11 is 0. The summed E-state index contributed by atoms with van der Waals surface area (Å²) in [6.07, 6.45) is 0.185. The summed E-state index contributed by atoms with van der Waals surface area (Å²) < 4.78 is 0. The molecule has 1 aliphatic heterocycles. The number of carbonyl (C=O) groups excluding carboxylic acids is 4. The maximum atomic E-state index is 13.4. The van der Waals surface area contributed by atoms with Gasteiger partial charge in [-0.2, -0.15) is 0 Å². The highest BCUT2D eigenvalue weighted by atomic mass is 16.4. The lowest BCUT2D eigenvalue weighted by Crippen LogP contribution is -2.54. The monoisotopic (exact) mass is 558 g/mol. The molecule has 0 fully saturated rings. The van der Waals surface area contributed by atoms with Gasteiger partial charge in [0.25, 0.3) is 11.8 Å². The number of carbonyl (C=O) groups is 5. The van der Waals surface area contributed by atoms with Gasteiger partial charge in [-0.1, -0.05) is 68.4 Å². The number of nitrogens with zero attached hydrogens (tertiary/aromatic N) is 1. The summed E-state index contributed by atoms with van der Waals surface area (Å²) in [5.74, 6) is -3.11. The second-order valence-corrected chi connectivity index (χ2v) is 10.5. The molecule has 0 bridgehead atoms. The van der Waals surface area contributed by atoms with E-state index in [0.29, 0.717) is 12.0 Å². The molecule has 10 heteroatoms. The number of aliphatic carboxylic acids is 1. The average molecular weight is 559 g/mol. The number of imide groups is 1. The number of carboxylic acids is 1. The fourth-order valence-electron chi connectivity index (χ4n) is 5.01. The first-order valence-electron chi connectivity index (χ1n) is 13.6. The molecular weight excluding hydrogens is 524 g/mol. The molecule has 1 heterocycles. The molecule has 4 rings (SSSR count). The highest BCUT2D eigenvalue weighted by molar-refractivity contribution is 6.23. The first kappa shape index (κ1) is 29.4. The molecule has 3 atom stereocenters. The highest BCUT2D eigenvalue weighted by Gasteiger charge is 2.37. The minimum atomic E-state index is -1.23. The van der Waals surface area contributed by atoms with Crippen LogP contribution in [0.15, 0.2) is 66.7 Å². The van der Waals surface area contributed by atoms with Crippen molar-refractivity contribution < 1.29 is 29.1 Å². The van der Waals surface area contributed by atoms with E-state index in [2.05, 4.69) is 16.0 Å². The molecule has 41 heavy (non-hydrogen) atoms. The van der Waals surface area contributed by atoms with Crippen LogP contribution in [0.1, 0.15) is 59.0 Å². The zero-order valence-electron chi connectivity index (χ0n) is 23.2. The van der Waals surface area contributed by atoms with Gasteiger partial charge >= 0.3 is 5.97 Å². The summed E-state index contributed by atoms with van der Waals surface area (Å²) in [4.78, 5) is 65.5. The van der Waals surface area contributed by atoms with E-state index in [4.69, 9.17) is 0 Å². The molecule has 0 radical (unpaired) electrons. The quantitative estimate of drug-likeness (QED) is 0.250. The Morgan fingerprint density at radius 3 is 1.90 bits per heavy atom. The second-order valence-electron chi connectivity index (χ2n) is 10.5. The van der Waals surface area contributed by atoms with E-state index in [1.54, 1.807) is 42.5 Å². The molecule has 10 nitrogen and oxygen atoms in total. The SMILES string of the molecule is CNC(=O)C(NC(=O)[C@H](CC(C)C)N[C@H](CCN1C(=O)c2cc3ccccc3cc2C1=O)C(=O)O)c1ccccc1. The third-order valence-corrected chi connectivity index (χ3v) is 7.13. The molecule has 0 aromatic heterocycles. The molecule has 0 aliphatic carbocycles. The zero-order chi connectivity index (χ0) is 29.7. The molecule has 0 saturated carbocycles. The Morgan fingerprint density at radius 1 is 0.829 bits per heavy atom. The second kappa shape index (κ2) is 12.7. The molecule has 0 saturated heterocycles. The van der Waals surface area contributed by atoms with Crippen molar-refractivity contribution in [2.75, 3.05) is 13.6 Å². The topological polar surface area (TPSA) is 145 Å². The number of amides is 4. The Morgan fingerprint density at radius 2 is 1.39 bits per heavy atom. The smallest absolute Gasteiger partial charge is 0.320 e. The number of rotatable bonds is 12. The van der Waals surface area contributed by atoms with Crippen molar-refractivity contribution in [3.05, 3.63) is 83.4 Å². The number of carboxylic acid groups (broad SMARTS) is 1. The largest absolute Gasteiger partial charge is 0.480 e. The lowest BCUT2D eigenvalue weighted by Gasteiger charge is -2.27. The molecule has 3 aromatic rings. The molecule has 1 aliphatic rings. The molecule has 1 unspecified atom stereocenters. The standard InChI is InChI=1S/C31H34N4O6/c1-18(2)15-25(27(36)34-26(28(37)32-3)19-9-5-4-6-10-19)33-24(31(40)41)13-14-35-29(38)22-16-20-11-7-8-12-21(20)17-23(22)30(35)39/h4-12,16-18,24-26,33H,13-15H2,1-3H3,(H,32,37)(H,34,36)(H,40,41)/t24-,25+,26?/m1/s1. The van der Waals surface area contributed by atoms with Gasteiger partial charge in [-0.3, -0.25) is 34.2 Å². The third kappa shape index (κ3) is 6.60. The van der Waals surface area contributed by atoms with Crippen LogP contribution >= 0.6 is 0 Å². The zero-order valence-corrected chi connectivity index (χ0v) is 23.2. The van der Waals surface area contributed by atoms with Crippen molar-refractivity contribution in [1.82, 2.24) is 20.9 Å². The van der Waals surface area contributed by atoms with E-state index in [0.717, 1.165) is 15.7 Å². The lowest BCUT2D eigenvalue weighted by atomic mass is 10.00. The van der Waals surface area contributed by atoms with Gasteiger partial charge in [-0.05, 0) is 47.2 Å². The van der Waals surface area contributed by atoms with Crippen molar-refractivity contribution in [3.63, 3.8) is 0 Å². The van der Waals surface area contributed by atoms with Crippen LogP contribution in [-0.2, 0) is 14.4 Å². The number of fused-ring (bicyclic) bond motifs is 2. The summed E-state index contributed by atoms with van der Waals surface area (Å²) in [6.45, 7) is 3.65. The maximum absolute atomic E-state index is 13.4. The number of likely N-dealkylation sites (N-methyl/N-ethyl adjacent to an activating group) is 1. The summed E-state index contributed by atoms with van der Waals surface area (Å²) in [7, 11) is 1.47. The number of hydrogen-bond acceptors (Lipinski definition) is 6.